The molecular formula is C13H19NO2. The van der Waals surface area contributed by atoms with E-state index in [-0.39, 0.29) is 5.41 Å². The van der Waals surface area contributed by atoms with Gasteiger partial charge < -0.3 is 15.2 Å². The summed E-state index contributed by atoms with van der Waals surface area (Å²) in [5.74, 6) is 1.32. The maximum absolute atomic E-state index is 5.79. The minimum atomic E-state index is 0.0866. The quantitative estimate of drug-likeness (QED) is 0.839. The van der Waals surface area contributed by atoms with Gasteiger partial charge in [0, 0.05) is 5.41 Å². The minimum absolute atomic E-state index is 0.0866. The lowest BCUT2D eigenvalue weighted by molar-refractivity contribution is -0.0854. The van der Waals surface area contributed by atoms with Crippen molar-refractivity contribution in [2.24, 2.45) is 11.7 Å². The van der Waals surface area contributed by atoms with Crippen molar-refractivity contribution in [2.45, 2.75) is 12.3 Å². The Hall–Kier alpha value is -1.06. The van der Waals surface area contributed by atoms with Crippen LogP contribution >= 0.6 is 0 Å². The van der Waals surface area contributed by atoms with Crippen LogP contribution in [0.25, 0.3) is 0 Å². The van der Waals surface area contributed by atoms with Crippen molar-refractivity contribution in [3.05, 3.63) is 29.8 Å². The normalized spacial score (nSPS) is 19.9. The van der Waals surface area contributed by atoms with Crippen LogP contribution in [-0.2, 0) is 10.2 Å². The van der Waals surface area contributed by atoms with Crippen LogP contribution in [0, 0.1) is 5.92 Å². The van der Waals surface area contributed by atoms with Crippen molar-refractivity contribution in [3.63, 3.8) is 0 Å². The molecule has 1 saturated heterocycles. The van der Waals surface area contributed by atoms with Gasteiger partial charge in [-0.15, -0.1) is 0 Å². The van der Waals surface area contributed by atoms with Gasteiger partial charge in [0.1, 0.15) is 5.75 Å². The Morgan fingerprint density at radius 3 is 2.75 bits per heavy atom. The second-order valence-electron chi connectivity index (χ2n) is 4.52. The highest BCUT2D eigenvalue weighted by molar-refractivity contribution is 5.36. The fourth-order valence-corrected chi connectivity index (χ4v) is 2.22. The Bertz CT molecular complexity index is 361. The first kappa shape index (κ1) is 11.4. The number of benzene rings is 1. The first-order valence-corrected chi connectivity index (χ1v) is 5.65. The summed E-state index contributed by atoms with van der Waals surface area (Å²) >= 11 is 0. The van der Waals surface area contributed by atoms with Crippen LogP contribution in [0.2, 0.25) is 0 Å². The van der Waals surface area contributed by atoms with Crippen molar-refractivity contribution in [2.75, 3.05) is 26.9 Å². The molecular weight excluding hydrogens is 202 g/mol. The first-order valence-electron chi connectivity index (χ1n) is 5.65. The Kier molecular flexibility index (Phi) is 3.17. The fourth-order valence-electron chi connectivity index (χ4n) is 2.22. The van der Waals surface area contributed by atoms with Crippen LogP contribution in [0.4, 0.5) is 0 Å². The van der Waals surface area contributed by atoms with E-state index in [1.807, 2.05) is 12.1 Å². The molecule has 1 aromatic carbocycles. The van der Waals surface area contributed by atoms with Gasteiger partial charge in [0.15, 0.2) is 0 Å². The molecule has 1 heterocycles. The van der Waals surface area contributed by atoms with Gasteiger partial charge in [0.2, 0.25) is 0 Å². The monoisotopic (exact) mass is 221 g/mol. The van der Waals surface area contributed by atoms with E-state index >= 15 is 0 Å². The number of hydrogen-bond acceptors (Lipinski definition) is 3. The second-order valence-corrected chi connectivity index (χ2v) is 4.52. The zero-order valence-electron chi connectivity index (χ0n) is 9.90. The lowest BCUT2D eigenvalue weighted by atomic mass is 9.69. The van der Waals surface area contributed by atoms with Gasteiger partial charge in [-0.05, 0) is 30.2 Å². The summed E-state index contributed by atoms with van der Waals surface area (Å²) in [6.45, 7) is 4.39. The lowest BCUT2D eigenvalue weighted by Gasteiger charge is -2.46. The van der Waals surface area contributed by atoms with Crippen LogP contribution in [-0.4, -0.2) is 26.9 Å². The summed E-state index contributed by atoms with van der Waals surface area (Å²) in [5.41, 5.74) is 7.15. The zero-order chi connectivity index (χ0) is 11.6. The van der Waals surface area contributed by atoms with Crippen molar-refractivity contribution >= 4 is 0 Å². The third-order valence-electron chi connectivity index (χ3n) is 3.66. The summed E-state index contributed by atoms with van der Waals surface area (Å²) in [7, 11) is 1.69. The van der Waals surface area contributed by atoms with E-state index in [4.69, 9.17) is 15.2 Å². The molecule has 2 rings (SSSR count). The van der Waals surface area contributed by atoms with Crippen molar-refractivity contribution in [1.29, 1.82) is 0 Å². The van der Waals surface area contributed by atoms with Crippen molar-refractivity contribution in [3.8, 4) is 5.75 Å². The Morgan fingerprint density at radius 2 is 2.25 bits per heavy atom. The number of hydrogen-bond donors (Lipinski definition) is 1. The molecule has 0 aliphatic carbocycles. The predicted octanol–water partition coefficient (Wildman–Crippen LogP) is 1.56. The van der Waals surface area contributed by atoms with E-state index in [0.29, 0.717) is 12.5 Å². The van der Waals surface area contributed by atoms with Crippen LogP contribution in [0.5, 0.6) is 5.75 Å². The summed E-state index contributed by atoms with van der Waals surface area (Å²) in [6.07, 6.45) is 0. The second kappa shape index (κ2) is 4.44. The molecule has 0 spiro atoms. The third kappa shape index (κ3) is 1.70. The summed E-state index contributed by atoms with van der Waals surface area (Å²) in [6, 6.07) is 8.22. The van der Waals surface area contributed by atoms with Gasteiger partial charge in [0.25, 0.3) is 0 Å². The topological polar surface area (TPSA) is 44.5 Å². The number of methoxy groups -OCH3 is 1. The van der Waals surface area contributed by atoms with Crippen LogP contribution in [0.1, 0.15) is 12.5 Å². The molecule has 3 nitrogen and oxygen atoms in total. The van der Waals surface area contributed by atoms with Gasteiger partial charge >= 0.3 is 0 Å². The molecule has 1 atom stereocenters. The van der Waals surface area contributed by atoms with Gasteiger partial charge in [-0.25, -0.2) is 0 Å². The Labute approximate surface area is 96.5 Å². The molecule has 1 aliphatic rings. The maximum Gasteiger partial charge on any atom is 0.119 e. The highest BCUT2D eigenvalue weighted by Crippen LogP contribution is 2.40. The maximum atomic E-state index is 5.79. The highest BCUT2D eigenvalue weighted by Gasteiger charge is 2.44. The Morgan fingerprint density at radius 1 is 1.50 bits per heavy atom. The predicted molar refractivity (Wildman–Crippen MR) is 63.7 cm³/mol. The standard InChI is InChI=1S/C13H19NO2/c1-10(7-14)13(8-16-9-13)11-4-3-5-12(6-11)15-2/h3-6,10H,7-9,14H2,1-2H3. The minimum Gasteiger partial charge on any atom is -0.497 e. The molecule has 0 radical (unpaired) electrons. The van der Waals surface area contributed by atoms with E-state index in [2.05, 4.69) is 19.1 Å². The Balaban J connectivity index is 2.32. The van der Waals surface area contributed by atoms with Gasteiger partial charge in [-0.3, -0.25) is 0 Å². The number of ether oxygens (including phenoxy) is 2. The lowest BCUT2D eigenvalue weighted by Crippen LogP contribution is -2.53. The molecule has 0 saturated carbocycles. The van der Waals surface area contributed by atoms with E-state index in [0.717, 1.165) is 19.0 Å². The SMILES string of the molecule is COc1cccc(C2(C(C)CN)COC2)c1. The molecule has 88 valence electrons. The molecule has 1 aliphatic heterocycles. The van der Waals surface area contributed by atoms with Gasteiger partial charge in [-0.1, -0.05) is 19.1 Å². The largest absolute Gasteiger partial charge is 0.497 e. The average molecular weight is 221 g/mol. The summed E-state index contributed by atoms with van der Waals surface area (Å²) in [5, 5.41) is 0. The molecule has 0 bridgehead atoms. The van der Waals surface area contributed by atoms with E-state index < -0.39 is 0 Å². The molecule has 1 fully saturated rings. The van der Waals surface area contributed by atoms with Gasteiger partial charge in [-0.2, -0.15) is 0 Å². The third-order valence-corrected chi connectivity index (χ3v) is 3.66. The highest BCUT2D eigenvalue weighted by atomic mass is 16.5. The summed E-state index contributed by atoms with van der Waals surface area (Å²) < 4.78 is 10.7. The molecule has 3 heteroatoms. The van der Waals surface area contributed by atoms with Gasteiger partial charge in [0.05, 0.1) is 20.3 Å². The van der Waals surface area contributed by atoms with E-state index in [9.17, 15) is 0 Å². The van der Waals surface area contributed by atoms with Crippen LogP contribution in [0.3, 0.4) is 0 Å². The smallest absolute Gasteiger partial charge is 0.119 e. The summed E-state index contributed by atoms with van der Waals surface area (Å²) in [4.78, 5) is 0. The number of nitrogens with two attached hydrogens (primary N) is 1. The molecule has 1 aromatic rings. The fraction of sp³-hybridized carbons (Fsp3) is 0.538. The van der Waals surface area contributed by atoms with Crippen LogP contribution < -0.4 is 10.5 Å². The average Bonchev–Trinajstić information content (AvgIpc) is 2.27. The van der Waals surface area contributed by atoms with Crippen molar-refractivity contribution in [1.82, 2.24) is 0 Å². The van der Waals surface area contributed by atoms with Crippen molar-refractivity contribution < 1.29 is 9.47 Å². The van der Waals surface area contributed by atoms with E-state index in [1.165, 1.54) is 5.56 Å². The number of rotatable bonds is 4. The molecule has 2 N–H and O–H groups in total. The van der Waals surface area contributed by atoms with Crippen LogP contribution in [0.15, 0.2) is 24.3 Å². The van der Waals surface area contributed by atoms with E-state index in [1.54, 1.807) is 7.11 Å². The molecule has 0 amide bonds. The molecule has 0 aromatic heterocycles. The molecule has 16 heavy (non-hydrogen) atoms. The molecule has 1 unspecified atom stereocenters. The first-order chi connectivity index (χ1) is 7.73. The zero-order valence-corrected chi connectivity index (χ0v) is 9.90.